The zero-order valence-corrected chi connectivity index (χ0v) is 27.3. The number of morpholine rings is 1. The third-order valence-electron chi connectivity index (χ3n) is 9.62. The van der Waals surface area contributed by atoms with Gasteiger partial charge in [0.05, 0.1) is 29.6 Å². The maximum absolute atomic E-state index is 15.6. The molecule has 3 heterocycles. The Hall–Kier alpha value is -3.35. The molecule has 2 saturated heterocycles. The van der Waals surface area contributed by atoms with Gasteiger partial charge in [0.25, 0.3) is 0 Å². The molecule has 0 bridgehead atoms. The summed E-state index contributed by atoms with van der Waals surface area (Å²) in [5.41, 5.74) is 3.98. The minimum Gasteiger partial charge on any atom is -0.506 e. The molecule has 2 aliphatic heterocycles. The lowest BCUT2D eigenvalue weighted by Gasteiger charge is -2.47. The van der Waals surface area contributed by atoms with E-state index in [-0.39, 0.29) is 34.5 Å². The van der Waals surface area contributed by atoms with E-state index in [0.717, 1.165) is 49.3 Å². The first-order chi connectivity index (χ1) is 22.1. The van der Waals surface area contributed by atoms with Crippen molar-refractivity contribution in [3.8, 4) is 5.75 Å². The Kier molecular flexibility index (Phi) is 9.77. The molecule has 1 amide bonds. The third-order valence-corrected chi connectivity index (χ3v) is 10.6. The van der Waals surface area contributed by atoms with Gasteiger partial charge >= 0.3 is 4.87 Å². The zero-order valence-electron chi connectivity index (χ0n) is 26.5. The predicted octanol–water partition coefficient (Wildman–Crippen LogP) is 4.41. The third kappa shape index (κ3) is 6.99. The lowest BCUT2D eigenvalue weighted by atomic mass is 9.88. The molecule has 9 nitrogen and oxygen atoms in total. The number of aliphatic hydroxyl groups is 1. The number of aliphatic hydroxyl groups excluding tert-OH is 1. The van der Waals surface area contributed by atoms with Gasteiger partial charge in [-0.05, 0) is 49.8 Å². The minimum absolute atomic E-state index is 0.0344. The number of halogens is 1. The summed E-state index contributed by atoms with van der Waals surface area (Å²) in [6.45, 7) is 8.81. The highest BCUT2D eigenvalue weighted by molar-refractivity contribution is 7.16. The van der Waals surface area contributed by atoms with Crippen molar-refractivity contribution in [2.75, 3.05) is 45.9 Å². The van der Waals surface area contributed by atoms with E-state index in [2.05, 4.69) is 35.1 Å². The smallest absolute Gasteiger partial charge is 0.305 e. The van der Waals surface area contributed by atoms with Gasteiger partial charge < -0.3 is 30.2 Å². The topological polar surface area (TPSA) is 118 Å². The number of aromatic hydroxyl groups is 1. The summed E-state index contributed by atoms with van der Waals surface area (Å²) in [6, 6.07) is 8.60. The summed E-state index contributed by atoms with van der Waals surface area (Å²) < 4.78 is 22.4. The lowest BCUT2D eigenvalue weighted by molar-refractivity contribution is -0.156. The first-order valence-electron chi connectivity index (χ1n) is 16.2. The Labute approximate surface area is 272 Å². The van der Waals surface area contributed by atoms with Gasteiger partial charge in [-0.25, -0.2) is 4.39 Å². The number of rotatable bonds is 10. The number of carbonyl (C=O) groups is 1. The fraction of sp³-hybridized carbons (Fsp3) is 0.486. The molecule has 6 rings (SSSR count). The van der Waals surface area contributed by atoms with Gasteiger partial charge in [0.1, 0.15) is 17.1 Å². The van der Waals surface area contributed by atoms with Crippen molar-refractivity contribution >= 4 is 27.5 Å². The van der Waals surface area contributed by atoms with Crippen LogP contribution in [0.5, 0.6) is 5.75 Å². The highest BCUT2D eigenvalue weighted by Crippen LogP contribution is 2.34. The molecule has 0 saturated carbocycles. The number of phenolic OH excluding ortho intramolecular Hbond substituents is 1. The maximum atomic E-state index is 15.6. The predicted molar refractivity (Wildman–Crippen MR) is 177 cm³/mol. The first kappa shape index (κ1) is 32.6. The van der Waals surface area contributed by atoms with Gasteiger partial charge in [-0.2, -0.15) is 0 Å². The molecule has 2 aromatic carbocycles. The van der Waals surface area contributed by atoms with Crippen LogP contribution in [0.4, 0.5) is 4.39 Å². The van der Waals surface area contributed by atoms with Crippen LogP contribution in [-0.4, -0.2) is 82.4 Å². The quantitative estimate of drug-likeness (QED) is 0.240. The summed E-state index contributed by atoms with van der Waals surface area (Å²) >= 11 is 0.949. The van der Waals surface area contributed by atoms with E-state index < -0.39 is 6.10 Å². The van der Waals surface area contributed by atoms with Gasteiger partial charge in [0.2, 0.25) is 5.91 Å². The molecule has 246 valence electrons. The van der Waals surface area contributed by atoms with Gasteiger partial charge in [-0.15, -0.1) is 0 Å². The average molecular weight is 651 g/mol. The number of amides is 1. The van der Waals surface area contributed by atoms with E-state index in [9.17, 15) is 19.8 Å². The zero-order chi connectivity index (χ0) is 32.4. The number of likely N-dealkylation sites (tertiary alicyclic amines) is 1. The van der Waals surface area contributed by atoms with Crippen molar-refractivity contribution in [2.45, 2.75) is 57.8 Å². The van der Waals surface area contributed by atoms with E-state index in [4.69, 9.17) is 4.74 Å². The standard InChI is InChI=1S/C35H43FN4O5S/c1-22(2)24-6-7-25(18-24)33(43)40-16-17-45-35(21-40)11-14-39(15-12-35)20-26-5-3-4-23(30(26)36)10-13-37-19-29(42)27-8-9-28(41)31-32(27)46-34(44)38-31/h3-9,22,29,37,41-42H,10-21H2,1-2H3,(H,38,44)/t29-/m0/s1. The number of aromatic nitrogens is 1. The van der Waals surface area contributed by atoms with E-state index in [1.807, 2.05) is 23.1 Å². The number of aromatic amines is 1. The molecule has 11 heteroatoms. The number of H-pyrrole nitrogens is 1. The van der Waals surface area contributed by atoms with Crippen LogP contribution < -0.4 is 10.2 Å². The number of carbonyl (C=O) groups excluding carboxylic acids is 1. The number of allylic oxidation sites excluding steroid dienone is 3. The van der Waals surface area contributed by atoms with E-state index in [0.29, 0.717) is 72.0 Å². The fourth-order valence-corrected chi connectivity index (χ4v) is 7.71. The second kappa shape index (κ2) is 13.8. The fourth-order valence-electron chi connectivity index (χ4n) is 6.79. The number of nitrogens with zero attached hydrogens (tertiary/aromatic N) is 2. The van der Waals surface area contributed by atoms with Crippen LogP contribution in [0.3, 0.4) is 0 Å². The van der Waals surface area contributed by atoms with E-state index in [1.165, 1.54) is 11.6 Å². The summed E-state index contributed by atoms with van der Waals surface area (Å²) in [6.07, 6.45) is 5.97. The van der Waals surface area contributed by atoms with Crippen LogP contribution in [0.15, 0.2) is 58.4 Å². The molecule has 4 N–H and O–H groups in total. The summed E-state index contributed by atoms with van der Waals surface area (Å²) in [5.74, 6) is 0.324. The van der Waals surface area contributed by atoms with Crippen molar-refractivity contribution in [3.05, 3.63) is 85.8 Å². The molecule has 1 aromatic heterocycles. The molecule has 1 spiro atoms. The van der Waals surface area contributed by atoms with Crippen molar-refractivity contribution in [1.29, 1.82) is 0 Å². The summed E-state index contributed by atoms with van der Waals surface area (Å²) in [4.78, 5) is 31.6. The number of nitrogens with one attached hydrogen (secondary N) is 2. The molecule has 3 aromatic rings. The molecule has 1 atom stereocenters. The van der Waals surface area contributed by atoms with Crippen LogP contribution in [0.2, 0.25) is 0 Å². The molecule has 0 unspecified atom stereocenters. The van der Waals surface area contributed by atoms with Crippen molar-refractivity contribution in [2.24, 2.45) is 5.92 Å². The maximum Gasteiger partial charge on any atom is 0.305 e. The number of piperidine rings is 1. The molecular weight excluding hydrogens is 607 g/mol. The van der Waals surface area contributed by atoms with Crippen LogP contribution in [0.25, 0.3) is 10.2 Å². The molecule has 3 aliphatic rings. The normalized spacial score (nSPS) is 19.2. The van der Waals surface area contributed by atoms with Crippen molar-refractivity contribution in [1.82, 2.24) is 20.1 Å². The van der Waals surface area contributed by atoms with Crippen LogP contribution >= 0.6 is 11.3 Å². The second-order valence-electron chi connectivity index (χ2n) is 13.1. The molecular formula is C35H43FN4O5S. The van der Waals surface area contributed by atoms with Gasteiger partial charge in [0, 0.05) is 49.4 Å². The molecule has 0 radical (unpaired) electrons. The number of hydrogen-bond donors (Lipinski definition) is 4. The highest BCUT2D eigenvalue weighted by Gasteiger charge is 2.41. The molecule has 1 aliphatic carbocycles. The van der Waals surface area contributed by atoms with Crippen molar-refractivity contribution < 1.29 is 24.1 Å². The second-order valence-corrected chi connectivity index (χ2v) is 14.0. The number of benzene rings is 2. The molecule has 46 heavy (non-hydrogen) atoms. The van der Waals surface area contributed by atoms with Crippen LogP contribution in [0.1, 0.15) is 55.9 Å². The average Bonchev–Trinajstić information content (AvgIpc) is 3.70. The van der Waals surface area contributed by atoms with Gasteiger partial charge in [-0.3, -0.25) is 14.5 Å². The van der Waals surface area contributed by atoms with Crippen LogP contribution in [-0.2, 0) is 22.5 Å². The number of thiazole rings is 1. The number of ether oxygens (including phenoxy) is 1. The first-order valence-corrected chi connectivity index (χ1v) is 17.0. The number of phenols is 1. The lowest BCUT2D eigenvalue weighted by Crippen LogP contribution is -2.58. The van der Waals surface area contributed by atoms with E-state index >= 15 is 4.39 Å². The van der Waals surface area contributed by atoms with E-state index in [1.54, 1.807) is 12.1 Å². The van der Waals surface area contributed by atoms with Gasteiger partial charge in [0.15, 0.2) is 0 Å². The monoisotopic (exact) mass is 650 g/mol. The summed E-state index contributed by atoms with van der Waals surface area (Å²) in [7, 11) is 0. The highest BCUT2D eigenvalue weighted by atomic mass is 32.1. The Morgan fingerprint density at radius 1 is 1.15 bits per heavy atom. The van der Waals surface area contributed by atoms with Gasteiger partial charge in [-0.1, -0.05) is 67.2 Å². The summed E-state index contributed by atoms with van der Waals surface area (Å²) in [5, 5.41) is 23.9. The van der Waals surface area contributed by atoms with Crippen molar-refractivity contribution in [3.63, 3.8) is 0 Å². The number of hydrogen-bond acceptors (Lipinski definition) is 8. The Bertz CT molecular complexity index is 1700. The Morgan fingerprint density at radius 2 is 1.93 bits per heavy atom. The van der Waals surface area contributed by atoms with Crippen LogP contribution in [0, 0.1) is 11.7 Å². The largest absolute Gasteiger partial charge is 0.506 e. The molecule has 2 fully saturated rings. The Morgan fingerprint density at radius 3 is 2.70 bits per heavy atom. The SMILES string of the molecule is CC(C)C1=CC=C(C(=O)N2CCOC3(CCN(Cc4cccc(CCNC[C@H](O)c5ccc(O)c6[nH]c(=O)sc56)c4F)CC3)C2)C1. The Balaban J connectivity index is 0.982. The minimum atomic E-state index is -0.888. The number of fused-ring (bicyclic) bond motifs is 1.